The molecule has 0 amide bonds. The molecule has 7 heteroatoms. The highest BCUT2D eigenvalue weighted by Crippen LogP contribution is 2.20. The monoisotopic (exact) mass is 638 g/mol. The number of carboxylic acids is 3. The highest BCUT2D eigenvalue weighted by molar-refractivity contribution is 5.66. The highest BCUT2D eigenvalue weighted by atomic mass is 16.4. The first-order valence-electron chi connectivity index (χ1n) is 18.9. The lowest BCUT2D eigenvalue weighted by atomic mass is 10.0. The average Bonchev–Trinajstić information content (AvgIpc) is 3.00. The van der Waals surface area contributed by atoms with Crippen LogP contribution in [0.3, 0.4) is 0 Å². The lowest BCUT2D eigenvalue weighted by Gasteiger charge is -2.39. The van der Waals surface area contributed by atoms with Crippen LogP contribution in [0.15, 0.2) is 12.2 Å². The molecule has 0 bridgehead atoms. The van der Waals surface area contributed by atoms with Crippen molar-refractivity contribution in [3.8, 4) is 0 Å². The maximum Gasteiger partial charge on any atom is 0.303 e. The molecule has 0 aromatic carbocycles. The molecule has 0 heterocycles. The van der Waals surface area contributed by atoms with Gasteiger partial charge in [-0.2, -0.15) is 0 Å². The summed E-state index contributed by atoms with van der Waals surface area (Å²) in [6.07, 6.45) is 34.3. The van der Waals surface area contributed by atoms with Crippen molar-refractivity contribution in [1.82, 2.24) is 0 Å². The molecule has 0 atom stereocenters. The van der Waals surface area contributed by atoms with E-state index < -0.39 is 17.9 Å². The number of hydrogen-bond donors (Lipinski definition) is 2. The molecule has 0 aliphatic carbocycles. The first-order chi connectivity index (χ1) is 21.8. The summed E-state index contributed by atoms with van der Waals surface area (Å²) in [4.78, 5) is 33.0. The van der Waals surface area contributed by atoms with Crippen LogP contribution in [-0.2, 0) is 14.4 Å². The van der Waals surface area contributed by atoms with Gasteiger partial charge in [-0.1, -0.05) is 103 Å². The molecule has 0 aliphatic heterocycles. The standard InChI is InChI=1S/C38H71NO6/c1-2-3-4-5-6-7-8-9-10-11-12-13-14-15-16-17-18-19-20-21-25-32-39(33-26-22-29-36(40)41,34-27-23-30-37(42)43)35-28-24-31-38(44)45/h9-10H,2-8,11-35H2,1H3,(H2-,40,41,42,43,44,45)/b10-9+. The van der Waals surface area contributed by atoms with Crippen LogP contribution in [-0.4, -0.2) is 58.8 Å². The number of unbranched alkanes of at least 4 members (excludes halogenated alkanes) is 20. The van der Waals surface area contributed by atoms with Crippen LogP contribution in [0.4, 0.5) is 0 Å². The zero-order chi connectivity index (χ0) is 33.3. The highest BCUT2D eigenvalue weighted by Gasteiger charge is 2.26. The van der Waals surface area contributed by atoms with Crippen molar-refractivity contribution in [2.45, 2.75) is 187 Å². The molecule has 0 saturated carbocycles. The number of hydrogen-bond acceptors (Lipinski definition) is 4. The van der Waals surface area contributed by atoms with E-state index in [2.05, 4.69) is 19.1 Å². The van der Waals surface area contributed by atoms with Gasteiger partial charge < -0.3 is 24.6 Å². The van der Waals surface area contributed by atoms with E-state index in [0.717, 1.165) is 56.3 Å². The third-order valence-corrected chi connectivity index (χ3v) is 9.20. The fourth-order valence-corrected chi connectivity index (χ4v) is 6.41. The Kier molecular flexibility index (Phi) is 30.7. The molecule has 0 aliphatic rings. The largest absolute Gasteiger partial charge is 0.550 e. The van der Waals surface area contributed by atoms with E-state index in [4.69, 9.17) is 10.2 Å². The lowest BCUT2D eigenvalue weighted by molar-refractivity contribution is -0.929. The van der Waals surface area contributed by atoms with Gasteiger partial charge in [-0.3, -0.25) is 9.59 Å². The Morgan fingerprint density at radius 3 is 1.13 bits per heavy atom. The van der Waals surface area contributed by atoms with E-state index in [0.29, 0.717) is 19.3 Å². The van der Waals surface area contributed by atoms with Crippen molar-refractivity contribution < 1.29 is 34.2 Å². The van der Waals surface area contributed by atoms with E-state index >= 15 is 0 Å². The van der Waals surface area contributed by atoms with E-state index in [9.17, 15) is 19.5 Å². The molecule has 45 heavy (non-hydrogen) atoms. The summed E-state index contributed by atoms with van der Waals surface area (Å²) < 4.78 is 0.848. The van der Waals surface area contributed by atoms with Gasteiger partial charge in [0.05, 0.1) is 26.2 Å². The van der Waals surface area contributed by atoms with Crippen molar-refractivity contribution in [2.75, 3.05) is 26.2 Å². The summed E-state index contributed by atoms with van der Waals surface area (Å²) >= 11 is 0. The van der Waals surface area contributed by atoms with E-state index in [-0.39, 0.29) is 19.3 Å². The van der Waals surface area contributed by atoms with Gasteiger partial charge in [0.1, 0.15) is 0 Å². The molecule has 0 spiro atoms. The maximum absolute atomic E-state index is 11.0. The minimum Gasteiger partial charge on any atom is -0.550 e. The SMILES string of the molecule is CCCCCCCC/C=C/CCCCCCCCCCCCC[N+](CCCCC(=O)[O-])(CCCCC(=O)O)CCCCC(=O)O. The summed E-state index contributed by atoms with van der Waals surface area (Å²) in [5.74, 6) is -2.56. The Morgan fingerprint density at radius 1 is 0.467 bits per heavy atom. The third-order valence-electron chi connectivity index (χ3n) is 9.20. The predicted molar refractivity (Wildman–Crippen MR) is 184 cm³/mol. The van der Waals surface area contributed by atoms with Crippen molar-refractivity contribution in [2.24, 2.45) is 0 Å². The minimum absolute atomic E-state index is 0.0642. The Morgan fingerprint density at radius 2 is 0.778 bits per heavy atom. The Labute approximate surface area is 276 Å². The lowest BCUT2D eigenvalue weighted by Crippen LogP contribution is -2.51. The number of quaternary nitrogens is 1. The quantitative estimate of drug-likeness (QED) is 0.0402. The number of carbonyl (C=O) groups excluding carboxylic acids is 1. The fraction of sp³-hybridized carbons (Fsp3) is 0.868. The summed E-state index contributed by atoms with van der Waals surface area (Å²) in [7, 11) is 0. The second-order valence-corrected chi connectivity index (χ2v) is 13.5. The Bertz CT molecular complexity index is 683. The molecule has 0 fully saturated rings. The summed E-state index contributed by atoms with van der Waals surface area (Å²) in [5.41, 5.74) is 0. The van der Waals surface area contributed by atoms with Gasteiger partial charge in [-0.05, 0) is 83.5 Å². The van der Waals surface area contributed by atoms with Crippen molar-refractivity contribution in [3.05, 3.63) is 12.2 Å². The van der Waals surface area contributed by atoms with Gasteiger partial charge in [-0.25, -0.2) is 0 Å². The molecule has 0 aromatic heterocycles. The van der Waals surface area contributed by atoms with Crippen LogP contribution < -0.4 is 5.11 Å². The second kappa shape index (κ2) is 32.1. The van der Waals surface area contributed by atoms with Crippen molar-refractivity contribution in [3.63, 3.8) is 0 Å². The average molecular weight is 638 g/mol. The number of allylic oxidation sites excluding steroid dienone is 2. The number of aliphatic carboxylic acids is 3. The first-order valence-corrected chi connectivity index (χ1v) is 18.9. The third kappa shape index (κ3) is 31.9. The summed E-state index contributed by atoms with van der Waals surface area (Å²) in [6.45, 7) is 5.89. The van der Waals surface area contributed by atoms with Gasteiger partial charge >= 0.3 is 11.9 Å². The van der Waals surface area contributed by atoms with Crippen molar-refractivity contribution in [1.29, 1.82) is 0 Å². The molecule has 0 unspecified atom stereocenters. The Hall–Kier alpha value is -1.89. The number of carbonyl (C=O) groups is 3. The van der Waals surface area contributed by atoms with E-state index in [1.807, 2.05) is 0 Å². The zero-order valence-electron chi connectivity index (χ0n) is 29.3. The topological polar surface area (TPSA) is 115 Å². The van der Waals surface area contributed by atoms with Crippen LogP contribution in [0.2, 0.25) is 0 Å². The van der Waals surface area contributed by atoms with Gasteiger partial charge in [0.25, 0.3) is 0 Å². The molecule has 0 rings (SSSR count). The van der Waals surface area contributed by atoms with Gasteiger partial charge in [-0.15, -0.1) is 0 Å². The maximum atomic E-state index is 11.0. The van der Waals surface area contributed by atoms with Gasteiger partial charge in [0, 0.05) is 18.8 Å². The number of carboxylic acid groups (broad SMARTS) is 3. The van der Waals surface area contributed by atoms with Crippen LogP contribution >= 0.6 is 0 Å². The van der Waals surface area contributed by atoms with Crippen molar-refractivity contribution >= 4 is 17.9 Å². The van der Waals surface area contributed by atoms with Crippen LogP contribution in [0.25, 0.3) is 0 Å². The molecular weight excluding hydrogens is 566 g/mol. The van der Waals surface area contributed by atoms with Gasteiger partial charge in [0.15, 0.2) is 0 Å². The predicted octanol–water partition coefficient (Wildman–Crippen LogP) is 9.22. The second-order valence-electron chi connectivity index (χ2n) is 13.5. The zero-order valence-corrected chi connectivity index (χ0v) is 29.3. The normalized spacial score (nSPS) is 11.8. The Balaban J connectivity index is 4.20. The molecule has 7 nitrogen and oxygen atoms in total. The molecule has 264 valence electrons. The fourth-order valence-electron chi connectivity index (χ4n) is 6.41. The number of nitrogens with zero attached hydrogens (tertiary/aromatic N) is 1. The molecule has 2 N–H and O–H groups in total. The summed E-state index contributed by atoms with van der Waals surface area (Å²) in [5, 5.41) is 29.0. The molecule has 0 saturated heterocycles. The molecule has 0 aromatic rings. The summed E-state index contributed by atoms with van der Waals surface area (Å²) in [6, 6.07) is 0. The van der Waals surface area contributed by atoms with E-state index in [1.165, 1.54) is 116 Å². The van der Waals surface area contributed by atoms with Gasteiger partial charge in [0.2, 0.25) is 0 Å². The van der Waals surface area contributed by atoms with E-state index in [1.54, 1.807) is 0 Å². The molecule has 0 radical (unpaired) electrons. The molecular formula is C38H71NO6. The first kappa shape index (κ1) is 43.1. The van der Waals surface area contributed by atoms with Crippen LogP contribution in [0.5, 0.6) is 0 Å². The van der Waals surface area contributed by atoms with Crippen LogP contribution in [0, 0.1) is 0 Å². The minimum atomic E-state index is -1.02. The smallest absolute Gasteiger partial charge is 0.303 e. The number of rotatable bonds is 36. The van der Waals surface area contributed by atoms with Crippen LogP contribution in [0.1, 0.15) is 187 Å².